The highest BCUT2D eigenvalue weighted by atomic mass is 16.4. The average Bonchev–Trinajstić information content (AvgIpc) is 3.44. The van der Waals surface area contributed by atoms with Gasteiger partial charge in [-0.2, -0.15) is 0 Å². The summed E-state index contributed by atoms with van der Waals surface area (Å²) in [5.74, 6) is -4.24. The number of carbonyl (C=O) groups excluding carboxylic acids is 1. The first-order valence-electron chi connectivity index (χ1n) is 16.8. The van der Waals surface area contributed by atoms with E-state index in [0.29, 0.717) is 19.4 Å². The van der Waals surface area contributed by atoms with Crippen LogP contribution in [0.3, 0.4) is 0 Å². The van der Waals surface area contributed by atoms with Gasteiger partial charge in [-0.25, -0.2) is 0 Å². The minimum absolute atomic E-state index is 0.0489. The smallest absolute Gasteiger partial charge is 0.320 e. The Morgan fingerprint density at radius 1 is 0.580 bits per heavy atom. The van der Waals surface area contributed by atoms with Crippen molar-refractivity contribution >= 4 is 66.9 Å². The van der Waals surface area contributed by atoms with Gasteiger partial charge in [-0.3, -0.25) is 24.1 Å². The summed E-state index contributed by atoms with van der Waals surface area (Å²) in [5, 5.41) is 40.3. The van der Waals surface area contributed by atoms with E-state index in [2.05, 4.69) is 78.1 Å². The van der Waals surface area contributed by atoms with Crippen LogP contribution in [0.4, 0.5) is 0 Å². The van der Waals surface area contributed by atoms with Crippen molar-refractivity contribution in [3.63, 3.8) is 0 Å². The van der Waals surface area contributed by atoms with Crippen LogP contribution in [0, 0.1) is 0 Å². The fourth-order valence-corrected chi connectivity index (χ4v) is 7.98. The molecular weight excluding hydrogens is 632 g/mol. The monoisotopic (exact) mass is 668 g/mol. The van der Waals surface area contributed by atoms with Crippen molar-refractivity contribution in [1.29, 1.82) is 0 Å². The van der Waals surface area contributed by atoms with E-state index in [1.54, 1.807) is 0 Å². The number of carboxylic acid groups (broad SMARTS) is 3. The van der Waals surface area contributed by atoms with Gasteiger partial charge in [-0.1, -0.05) is 97.1 Å². The van der Waals surface area contributed by atoms with Crippen LogP contribution in [0.25, 0.3) is 54.2 Å². The Morgan fingerprint density at radius 3 is 1.40 bits per heavy atom. The molecule has 0 bridgehead atoms. The van der Waals surface area contributed by atoms with Crippen LogP contribution in [0.1, 0.15) is 42.7 Å². The molecule has 1 aliphatic rings. The Balaban J connectivity index is 1.21. The summed E-state index contributed by atoms with van der Waals surface area (Å²) in [7, 11) is 0. The van der Waals surface area contributed by atoms with Gasteiger partial charge in [0.25, 0.3) is 0 Å². The SMILES string of the molecule is O=C(O)CN(CC(=O)O)C(CCCCNC(=O)CC1c2c(c3ccccc3c3ccccc23)-c2c1c1ccccc1c1ccccc21)C(=O)O. The van der Waals surface area contributed by atoms with Crippen molar-refractivity contribution in [2.75, 3.05) is 19.6 Å². The molecule has 0 aliphatic heterocycles. The molecule has 9 heteroatoms. The van der Waals surface area contributed by atoms with Gasteiger partial charge in [0.1, 0.15) is 6.04 Å². The lowest BCUT2D eigenvalue weighted by Crippen LogP contribution is -2.46. The molecule has 0 heterocycles. The van der Waals surface area contributed by atoms with Crippen molar-refractivity contribution in [3.8, 4) is 11.1 Å². The molecule has 0 spiro atoms. The summed E-state index contributed by atoms with van der Waals surface area (Å²) < 4.78 is 0. The summed E-state index contributed by atoms with van der Waals surface area (Å²) in [5.41, 5.74) is 4.63. The average molecular weight is 669 g/mol. The third kappa shape index (κ3) is 5.90. The lowest BCUT2D eigenvalue weighted by molar-refractivity contribution is -0.149. The zero-order chi connectivity index (χ0) is 34.9. The second-order valence-electron chi connectivity index (χ2n) is 12.9. The second kappa shape index (κ2) is 13.6. The molecule has 6 aromatic rings. The van der Waals surface area contributed by atoms with E-state index in [1.807, 2.05) is 24.3 Å². The first-order valence-corrected chi connectivity index (χ1v) is 16.8. The number of unbranched alkanes of at least 4 members (excludes halogenated alkanes) is 1. The number of hydrogen-bond donors (Lipinski definition) is 4. The minimum Gasteiger partial charge on any atom is -0.480 e. The Bertz CT molecular complexity index is 2190. The van der Waals surface area contributed by atoms with E-state index in [4.69, 9.17) is 0 Å². The van der Waals surface area contributed by atoms with E-state index >= 15 is 0 Å². The third-order valence-corrected chi connectivity index (χ3v) is 9.91. The van der Waals surface area contributed by atoms with Gasteiger partial charge in [0.2, 0.25) is 5.91 Å². The summed E-state index contributed by atoms with van der Waals surface area (Å²) in [4.78, 5) is 49.2. The number of nitrogens with zero attached hydrogens (tertiary/aromatic N) is 1. The topological polar surface area (TPSA) is 144 Å². The molecule has 0 saturated carbocycles. The number of rotatable bonds is 13. The number of carbonyl (C=O) groups is 4. The zero-order valence-corrected chi connectivity index (χ0v) is 27.3. The van der Waals surface area contributed by atoms with Crippen LogP contribution < -0.4 is 5.32 Å². The van der Waals surface area contributed by atoms with Gasteiger partial charge in [0.15, 0.2) is 0 Å². The molecule has 50 heavy (non-hydrogen) atoms. The van der Waals surface area contributed by atoms with Gasteiger partial charge in [-0.05, 0) is 84.6 Å². The highest BCUT2D eigenvalue weighted by Gasteiger charge is 2.37. The highest BCUT2D eigenvalue weighted by Crippen LogP contribution is 2.57. The number of aliphatic carboxylic acids is 3. The van der Waals surface area contributed by atoms with Crippen LogP contribution in [-0.2, 0) is 19.2 Å². The van der Waals surface area contributed by atoms with Gasteiger partial charge >= 0.3 is 17.9 Å². The molecule has 0 fully saturated rings. The Labute approximate surface area is 287 Å². The number of nitrogens with one attached hydrogen (secondary N) is 1. The molecule has 0 aromatic heterocycles. The lowest BCUT2D eigenvalue weighted by atomic mass is 9.85. The first-order chi connectivity index (χ1) is 24.2. The number of hydrogen-bond acceptors (Lipinski definition) is 5. The zero-order valence-electron chi connectivity index (χ0n) is 27.3. The van der Waals surface area contributed by atoms with Gasteiger partial charge in [0.05, 0.1) is 13.1 Å². The molecule has 1 amide bonds. The first kappa shape index (κ1) is 32.7. The van der Waals surface area contributed by atoms with E-state index in [0.717, 1.165) is 48.3 Å². The summed E-state index contributed by atoms with van der Waals surface area (Å²) in [6.45, 7) is -1.09. The number of fused-ring (bicyclic) bond motifs is 13. The fraction of sp³-hybridized carbons (Fsp3) is 0.220. The maximum atomic E-state index is 13.8. The van der Waals surface area contributed by atoms with Crippen LogP contribution in [0.15, 0.2) is 97.1 Å². The van der Waals surface area contributed by atoms with Crippen LogP contribution in [0.5, 0.6) is 0 Å². The van der Waals surface area contributed by atoms with E-state index in [-0.39, 0.29) is 24.7 Å². The van der Waals surface area contributed by atoms with Gasteiger partial charge < -0.3 is 20.6 Å². The second-order valence-corrected chi connectivity index (χ2v) is 12.9. The molecule has 6 aromatic carbocycles. The maximum Gasteiger partial charge on any atom is 0.320 e. The minimum atomic E-state index is -1.30. The van der Waals surface area contributed by atoms with Crippen molar-refractivity contribution in [3.05, 3.63) is 108 Å². The highest BCUT2D eigenvalue weighted by molar-refractivity contribution is 6.25. The molecule has 0 radical (unpaired) electrons. The molecule has 1 atom stereocenters. The van der Waals surface area contributed by atoms with Gasteiger partial charge in [0, 0.05) is 18.9 Å². The number of carboxylic acids is 3. The molecule has 1 unspecified atom stereocenters. The molecule has 0 saturated heterocycles. The van der Waals surface area contributed by atoms with E-state index in [1.165, 1.54) is 21.9 Å². The molecule has 9 nitrogen and oxygen atoms in total. The van der Waals surface area contributed by atoms with Crippen LogP contribution >= 0.6 is 0 Å². The third-order valence-electron chi connectivity index (χ3n) is 9.91. The predicted molar refractivity (Wildman–Crippen MR) is 193 cm³/mol. The summed E-state index contributed by atoms with van der Waals surface area (Å²) in [6.07, 6.45) is 1.07. The van der Waals surface area contributed by atoms with E-state index < -0.39 is 37.0 Å². The molecule has 4 N–H and O–H groups in total. The number of benzene rings is 6. The van der Waals surface area contributed by atoms with Gasteiger partial charge in [-0.15, -0.1) is 0 Å². The molecule has 1 aliphatic carbocycles. The standard InChI is InChI=1S/C41H36N2O7/c44-34(42-20-10-9-19-33(41(49)50)43(22-35(45)46)23-36(47)48)21-32-37-28-15-5-1-11-24(28)26-13-3-7-17-30(26)39(37)40-31-18-8-4-14-27(31)25-12-2-6-16-29(25)38(32)40/h1-8,11-18,32-33H,9-10,19-23H2,(H,42,44)(H,45,46)(H,47,48)(H,49,50). The van der Waals surface area contributed by atoms with Crippen molar-refractivity contribution in [2.24, 2.45) is 0 Å². The predicted octanol–water partition coefficient (Wildman–Crippen LogP) is 7.01. The van der Waals surface area contributed by atoms with Crippen molar-refractivity contribution in [1.82, 2.24) is 10.2 Å². The van der Waals surface area contributed by atoms with Crippen LogP contribution in [0.2, 0.25) is 0 Å². The number of amides is 1. The molecule has 7 rings (SSSR count). The van der Waals surface area contributed by atoms with E-state index in [9.17, 15) is 34.5 Å². The summed E-state index contributed by atoms with van der Waals surface area (Å²) in [6, 6.07) is 32.5. The Hall–Kier alpha value is -5.80. The Kier molecular flexibility index (Phi) is 8.91. The maximum absolute atomic E-state index is 13.8. The molecule has 252 valence electrons. The quantitative estimate of drug-likeness (QED) is 0.0760. The van der Waals surface area contributed by atoms with Crippen molar-refractivity contribution < 1.29 is 34.5 Å². The fourth-order valence-electron chi connectivity index (χ4n) is 7.98. The Morgan fingerprint density at radius 2 is 0.980 bits per heavy atom. The van der Waals surface area contributed by atoms with Crippen LogP contribution in [-0.4, -0.2) is 69.7 Å². The van der Waals surface area contributed by atoms with Crippen molar-refractivity contribution in [2.45, 2.75) is 37.6 Å². The normalized spacial score (nSPS) is 13.1. The molecular formula is C41H36N2O7. The summed E-state index contributed by atoms with van der Waals surface area (Å²) >= 11 is 0. The largest absolute Gasteiger partial charge is 0.480 e. The lowest BCUT2D eigenvalue weighted by Gasteiger charge is -2.25.